The summed E-state index contributed by atoms with van der Waals surface area (Å²) in [7, 11) is 1.76. The van der Waals surface area contributed by atoms with Crippen LogP contribution in [0.1, 0.15) is 59.5 Å². The van der Waals surface area contributed by atoms with E-state index in [4.69, 9.17) is 0 Å². The number of carbonyl (C=O) groups excluding carboxylic acids is 2. The van der Waals surface area contributed by atoms with Crippen molar-refractivity contribution in [3.63, 3.8) is 0 Å². The van der Waals surface area contributed by atoms with Crippen LogP contribution in [0.5, 0.6) is 0 Å². The molecule has 1 heterocycles. The van der Waals surface area contributed by atoms with E-state index in [2.05, 4.69) is 24.4 Å². The molecule has 0 saturated heterocycles. The van der Waals surface area contributed by atoms with Crippen molar-refractivity contribution in [1.29, 1.82) is 0 Å². The lowest BCUT2D eigenvalue weighted by Gasteiger charge is -2.07. The summed E-state index contributed by atoms with van der Waals surface area (Å²) < 4.78 is 1.67. The van der Waals surface area contributed by atoms with Crippen molar-refractivity contribution in [2.24, 2.45) is 7.05 Å². The fourth-order valence-corrected chi connectivity index (χ4v) is 2.51. The SMILES string of the molecule is CCCCCc1ccc(NC(=O)c2cc(C(C)=O)cn2C)cc1. The Morgan fingerprint density at radius 2 is 1.83 bits per heavy atom. The third kappa shape index (κ3) is 4.55. The molecule has 0 unspecified atom stereocenters. The van der Waals surface area contributed by atoms with Gasteiger partial charge in [0.15, 0.2) is 5.78 Å². The Balaban J connectivity index is 2.01. The number of rotatable bonds is 7. The Labute approximate surface area is 137 Å². The summed E-state index contributed by atoms with van der Waals surface area (Å²) in [6.45, 7) is 3.69. The van der Waals surface area contributed by atoms with Gasteiger partial charge in [-0.05, 0) is 43.5 Å². The smallest absolute Gasteiger partial charge is 0.272 e. The summed E-state index contributed by atoms with van der Waals surface area (Å²) in [6, 6.07) is 9.58. The number of nitrogens with one attached hydrogen (secondary N) is 1. The maximum absolute atomic E-state index is 12.3. The molecule has 0 aliphatic rings. The molecule has 4 heteroatoms. The quantitative estimate of drug-likeness (QED) is 0.615. The molecule has 0 spiro atoms. The minimum atomic E-state index is -0.210. The van der Waals surface area contributed by atoms with Crippen LogP contribution in [0.2, 0.25) is 0 Å². The molecule has 4 nitrogen and oxygen atoms in total. The second kappa shape index (κ2) is 7.77. The number of carbonyl (C=O) groups is 2. The first-order valence-corrected chi connectivity index (χ1v) is 8.09. The minimum absolute atomic E-state index is 0.0453. The van der Waals surface area contributed by atoms with Crippen molar-refractivity contribution < 1.29 is 9.59 Å². The molecule has 0 fully saturated rings. The molecule has 0 aliphatic carbocycles. The normalized spacial score (nSPS) is 10.6. The number of ketones is 1. The summed E-state index contributed by atoms with van der Waals surface area (Å²) in [6.07, 6.45) is 6.40. The van der Waals surface area contributed by atoms with E-state index < -0.39 is 0 Å². The van der Waals surface area contributed by atoms with Crippen LogP contribution in [0.3, 0.4) is 0 Å². The third-order valence-corrected chi connectivity index (χ3v) is 3.92. The van der Waals surface area contributed by atoms with Gasteiger partial charge in [-0.1, -0.05) is 31.9 Å². The van der Waals surface area contributed by atoms with E-state index in [1.807, 2.05) is 12.1 Å². The molecule has 0 saturated carbocycles. The zero-order valence-electron chi connectivity index (χ0n) is 14.1. The van der Waals surface area contributed by atoms with Gasteiger partial charge in [0.1, 0.15) is 5.69 Å². The summed E-state index contributed by atoms with van der Waals surface area (Å²) in [5.74, 6) is -0.255. The topological polar surface area (TPSA) is 51.1 Å². The predicted molar refractivity (Wildman–Crippen MR) is 93.0 cm³/mol. The first-order valence-electron chi connectivity index (χ1n) is 8.09. The first kappa shape index (κ1) is 17.0. The molecule has 0 bridgehead atoms. The van der Waals surface area contributed by atoms with E-state index >= 15 is 0 Å². The van der Waals surface area contributed by atoms with Gasteiger partial charge < -0.3 is 9.88 Å². The molecule has 1 N–H and O–H groups in total. The largest absolute Gasteiger partial charge is 0.346 e. The molecular weight excluding hydrogens is 288 g/mol. The molecule has 0 aliphatic heterocycles. The maximum atomic E-state index is 12.3. The van der Waals surface area contributed by atoms with Gasteiger partial charge in [-0.15, -0.1) is 0 Å². The zero-order chi connectivity index (χ0) is 16.8. The molecule has 1 aromatic heterocycles. The second-order valence-electron chi connectivity index (χ2n) is 5.89. The number of nitrogens with zero attached hydrogens (tertiary/aromatic N) is 1. The molecule has 1 aromatic carbocycles. The Kier molecular flexibility index (Phi) is 5.74. The van der Waals surface area contributed by atoms with E-state index in [1.165, 1.54) is 31.7 Å². The van der Waals surface area contributed by atoms with Crippen LogP contribution in [0.4, 0.5) is 5.69 Å². The zero-order valence-corrected chi connectivity index (χ0v) is 14.1. The van der Waals surface area contributed by atoms with Crippen LogP contribution in [-0.2, 0) is 13.5 Å². The molecule has 2 rings (SSSR count). The lowest BCUT2D eigenvalue weighted by atomic mass is 10.1. The molecule has 1 amide bonds. The Bertz CT molecular complexity index is 684. The molecule has 0 radical (unpaired) electrons. The van der Waals surface area contributed by atoms with Crippen molar-refractivity contribution in [2.45, 2.75) is 39.5 Å². The molecule has 122 valence electrons. The van der Waals surface area contributed by atoms with Crippen LogP contribution in [0.25, 0.3) is 0 Å². The van der Waals surface area contributed by atoms with Gasteiger partial charge in [-0.2, -0.15) is 0 Å². The van der Waals surface area contributed by atoms with Crippen molar-refractivity contribution in [3.05, 3.63) is 53.3 Å². The van der Waals surface area contributed by atoms with Crippen molar-refractivity contribution >= 4 is 17.4 Å². The summed E-state index contributed by atoms with van der Waals surface area (Å²) in [4.78, 5) is 23.7. The molecule has 2 aromatic rings. The molecule has 0 atom stereocenters. The number of aryl methyl sites for hydroxylation is 2. The molecule has 23 heavy (non-hydrogen) atoms. The van der Waals surface area contributed by atoms with E-state index in [-0.39, 0.29) is 11.7 Å². The highest BCUT2D eigenvalue weighted by atomic mass is 16.2. The van der Waals surface area contributed by atoms with Crippen LogP contribution < -0.4 is 5.32 Å². The highest BCUT2D eigenvalue weighted by molar-refractivity contribution is 6.05. The van der Waals surface area contributed by atoms with Crippen LogP contribution in [-0.4, -0.2) is 16.3 Å². The van der Waals surface area contributed by atoms with Gasteiger partial charge in [-0.25, -0.2) is 0 Å². The van der Waals surface area contributed by atoms with E-state index in [9.17, 15) is 9.59 Å². The van der Waals surface area contributed by atoms with Crippen molar-refractivity contribution in [2.75, 3.05) is 5.32 Å². The van der Waals surface area contributed by atoms with Gasteiger partial charge in [0.05, 0.1) is 0 Å². The summed E-state index contributed by atoms with van der Waals surface area (Å²) in [5, 5.41) is 2.87. The fraction of sp³-hybridized carbons (Fsp3) is 0.368. The number of unbranched alkanes of at least 4 members (excludes halogenated alkanes) is 2. The standard InChI is InChI=1S/C19H24N2O2/c1-4-5-6-7-15-8-10-17(11-9-15)20-19(23)18-12-16(14(2)22)13-21(18)3/h8-13H,4-7H2,1-3H3,(H,20,23). The van der Waals surface area contributed by atoms with E-state index in [0.29, 0.717) is 11.3 Å². The Morgan fingerprint density at radius 1 is 1.13 bits per heavy atom. The first-order chi connectivity index (χ1) is 11.0. The predicted octanol–water partition coefficient (Wildman–Crippen LogP) is 4.21. The van der Waals surface area contributed by atoms with Gasteiger partial charge in [0.25, 0.3) is 5.91 Å². The fourth-order valence-electron chi connectivity index (χ4n) is 2.51. The number of Topliss-reactive ketones (excluding diaryl/α,β-unsaturated/α-hetero) is 1. The van der Waals surface area contributed by atoms with Gasteiger partial charge in [-0.3, -0.25) is 9.59 Å². The average Bonchev–Trinajstić information content (AvgIpc) is 2.91. The monoisotopic (exact) mass is 312 g/mol. The summed E-state index contributed by atoms with van der Waals surface area (Å²) >= 11 is 0. The third-order valence-electron chi connectivity index (χ3n) is 3.92. The van der Waals surface area contributed by atoms with Gasteiger partial charge >= 0.3 is 0 Å². The van der Waals surface area contributed by atoms with Crippen molar-refractivity contribution in [3.8, 4) is 0 Å². The maximum Gasteiger partial charge on any atom is 0.272 e. The number of benzene rings is 1. The van der Waals surface area contributed by atoms with Crippen LogP contribution in [0.15, 0.2) is 36.5 Å². The average molecular weight is 312 g/mol. The van der Waals surface area contributed by atoms with Crippen LogP contribution in [0, 0.1) is 0 Å². The highest BCUT2D eigenvalue weighted by Gasteiger charge is 2.13. The second-order valence-corrected chi connectivity index (χ2v) is 5.89. The number of hydrogen-bond acceptors (Lipinski definition) is 2. The van der Waals surface area contributed by atoms with E-state index in [1.54, 1.807) is 23.9 Å². The van der Waals surface area contributed by atoms with E-state index in [0.717, 1.165) is 12.1 Å². The van der Waals surface area contributed by atoms with Crippen LogP contribution >= 0.6 is 0 Å². The lowest BCUT2D eigenvalue weighted by Crippen LogP contribution is -2.15. The summed E-state index contributed by atoms with van der Waals surface area (Å²) in [5.41, 5.74) is 3.07. The Hall–Kier alpha value is -2.36. The highest BCUT2D eigenvalue weighted by Crippen LogP contribution is 2.15. The van der Waals surface area contributed by atoms with Gasteiger partial charge in [0, 0.05) is 24.5 Å². The molecular formula is C19H24N2O2. The lowest BCUT2D eigenvalue weighted by molar-refractivity contribution is 0.101. The number of amides is 1. The number of hydrogen-bond donors (Lipinski definition) is 1. The minimum Gasteiger partial charge on any atom is -0.346 e. The van der Waals surface area contributed by atoms with Crippen molar-refractivity contribution in [1.82, 2.24) is 4.57 Å². The van der Waals surface area contributed by atoms with Gasteiger partial charge in [0.2, 0.25) is 0 Å². The Morgan fingerprint density at radius 3 is 2.39 bits per heavy atom. The number of anilines is 1. The number of aromatic nitrogens is 1.